The van der Waals surface area contributed by atoms with Crippen LogP contribution in [0.3, 0.4) is 0 Å². The van der Waals surface area contributed by atoms with Gasteiger partial charge in [-0.15, -0.1) is 0 Å². The van der Waals surface area contributed by atoms with E-state index in [0.29, 0.717) is 30.4 Å². The molecule has 5 nitrogen and oxygen atoms in total. The van der Waals surface area contributed by atoms with E-state index in [9.17, 15) is 4.79 Å². The monoisotopic (exact) mass is 394 g/mol. The third kappa shape index (κ3) is 5.10. The summed E-state index contributed by atoms with van der Waals surface area (Å²) >= 11 is 0. The van der Waals surface area contributed by atoms with E-state index in [1.54, 1.807) is 0 Å². The van der Waals surface area contributed by atoms with Crippen molar-refractivity contribution in [3.8, 4) is 11.5 Å². The van der Waals surface area contributed by atoms with Crippen LogP contribution in [0.2, 0.25) is 0 Å². The number of ether oxygens (including phenoxy) is 2. The molecule has 29 heavy (non-hydrogen) atoms. The van der Waals surface area contributed by atoms with Gasteiger partial charge in [0.05, 0.1) is 12.2 Å². The fraction of sp³-hybridized carbons (Fsp3) is 0.458. The minimum atomic E-state index is 0.0218. The Labute approximate surface area is 173 Å². The first kappa shape index (κ1) is 19.8. The quantitative estimate of drug-likeness (QED) is 0.768. The molecule has 1 heterocycles. The van der Waals surface area contributed by atoms with Crippen molar-refractivity contribution in [3.63, 3.8) is 0 Å². The number of carbonyl (C=O) groups excluding carboxylic acids is 1. The maximum atomic E-state index is 12.9. The normalized spacial score (nSPS) is 22.5. The number of carbonyl (C=O) groups is 1. The van der Waals surface area contributed by atoms with Crippen molar-refractivity contribution in [2.24, 2.45) is 0 Å². The first-order valence-electron chi connectivity index (χ1n) is 10.7. The van der Waals surface area contributed by atoms with E-state index in [4.69, 9.17) is 9.47 Å². The van der Waals surface area contributed by atoms with Crippen molar-refractivity contribution in [1.29, 1.82) is 0 Å². The Hall–Kier alpha value is -2.53. The first-order chi connectivity index (χ1) is 14.1. The van der Waals surface area contributed by atoms with Crippen molar-refractivity contribution in [1.82, 2.24) is 4.90 Å². The summed E-state index contributed by atoms with van der Waals surface area (Å²) in [6, 6.07) is 16.0. The second kappa shape index (κ2) is 8.87. The molecule has 1 amide bonds. The topological polar surface area (TPSA) is 50.8 Å². The second-order valence-corrected chi connectivity index (χ2v) is 8.25. The van der Waals surface area contributed by atoms with Crippen molar-refractivity contribution in [2.75, 3.05) is 18.4 Å². The molecule has 0 radical (unpaired) electrons. The molecular weight excluding hydrogens is 364 g/mol. The standard InChI is InChI=1S/C24H30N2O3/c1-17-15-26(16-18(2)28-17)24(27)19-6-5-9-23(14-19)29-22-12-10-21(11-13-22)25-20-7-3-4-8-20/h5-6,9-14,17-18,20,25H,3-4,7-8,15-16H2,1-2H3. The number of hydrogen-bond donors (Lipinski definition) is 1. The summed E-state index contributed by atoms with van der Waals surface area (Å²) in [4.78, 5) is 14.8. The minimum Gasteiger partial charge on any atom is -0.457 e. The van der Waals surface area contributed by atoms with E-state index in [-0.39, 0.29) is 18.1 Å². The molecule has 4 rings (SSSR count). The van der Waals surface area contributed by atoms with Gasteiger partial charge in [-0.1, -0.05) is 18.9 Å². The van der Waals surface area contributed by atoms with E-state index >= 15 is 0 Å². The van der Waals surface area contributed by atoms with E-state index in [0.717, 1.165) is 11.4 Å². The van der Waals surface area contributed by atoms with Crippen LogP contribution in [0.4, 0.5) is 5.69 Å². The molecule has 2 unspecified atom stereocenters. The summed E-state index contributed by atoms with van der Waals surface area (Å²) in [6.07, 6.45) is 5.24. The van der Waals surface area contributed by atoms with E-state index in [1.165, 1.54) is 25.7 Å². The van der Waals surface area contributed by atoms with Crippen molar-refractivity contribution >= 4 is 11.6 Å². The van der Waals surface area contributed by atoms with E-state index in [1.807, 2.05) is 55.1 Å². The molecule has 0 bridgehead atoms. The molecule has 2 atom stereocenters. The summed E-state index contributed by atoms with van der Waals surface area (Å²) in [5.74, 6) is 1.45. The number of nitrogens with zero attached hydrogens (tertiary/aromatic N) is 1. The lowest BCUT2D eigenvalue weighted by molar-refractivity contribution is -0.0586. The minimum absolute atomic E-state index is 0.0218. The Kier molecular flexibility index (Phi) is 6.05. The van der Waals surface area contributed by atoms with Gasteiger partial charge >= 0.3 is 0 Å². The first-order valence-corrected chi connectivity index (χ1v) is 10.7. The van der Waals surface area contributed by atoms with Gasteiger partial charge in [-0.2, -0.15) is 0 Å². The fourth-order valence-corrected chi connectivity index (χ4v) is 4.28. The van der Waals surface area contributed by atoms with Gasteiger partial charge in [-0.25, -0.2) is 0 Å². The number of hydrogen-bond acceptors (Lipinski definition) is 4. The Morgan fingerprint density at radius 1 is 1.00 bits per heavy atom. The van der Waals surface area contributed by atoms with Crippen LogP contribution in [0, 0.1) is 0 Å². The molecule has 1 N–H and O–H groups in total. The molecule has 154 valence electrons. The van der Waals surface area contributed by atoms with Crippen LogP contribution in [0.15, 0.2) is 48.5 Å². The molecular formula is C24H30N2O3. The van der Waals surface area contributed by atoms with Gasteiger partial charge in [0.2, 0.25) is 0 Å². The predicted octanol–water partition coefficient (Wildman–Crippen LogP) is 5.08. The molecule has 2 aromatic rings. The zero-order valence-corrected chi connectivity index (χ0v) is 17.3. The zero-order chi connectivity index (χ0) is 20.2. The summed E-state index contributed by atoms with van der Waals surface area (Å²) in [5, 5.41) is 3.58. The van der Waals surface area contributed by atoms with Gasteiger partial charge in [0.25, 0.3) is 5.91 Å². The van der Waals surface area contributed by atoms with E-state index < -0.39 is 0 Å². The predicted molar refractivity (Wildman–Crippen MR) is 115 cm³/mol. The average Bonchev–Trinajstić information content (AvgIpc) is 3.21. The molecule has 1 saturated carbocycles. The molecule has 5 heteroatoms. The Balaban J connectivity index is 1.40. The summed E-state index contributed by atoms with van der Waals surface area (Å²) in [6.45, 7) is 5.23. The Morgan fingerprint density at radius 2 is 1.69 bits per heavy atom. The van der Waals surface area contributed by atoms with Crippen LogP contribution in [0.5, 0.6) is 11.5 Å². The van der Waals surface area contributed by atoms with Crippen LogP contribution in [0.1, 0.15) is 49.9 Å². The lowest BCUT2D eigenvalue weighted by Gasteiger charge is -2.35. The molecule has 2 aliphatic rings. The second-order valence-electron chi connectivity index (χ2n) is 8.25. The smallest absolute Gasteiger partial charge is 0.254 e. The molecule has 2 fully saturated rings. The van der Waals surface area contributed by atoms with Gasteiger partial charge in [-0.05, 0) is 69.2 Å². The van der Waals surface area contributed by atoms with Crippen LogP contribution in [-0.4, -0.2) is 42.1 Å². The van der Waals surface area contributed by atoms with Crippen molar-refractivity contribution in [3.05, 3.63) is 54.1 Å². The largest absolute Gasteiger partial charge is 0.457 e. The number of amides is 1. The number of benzene rings is 2. The van der Waals surface area contributed by atoms with Gasteiger partial charge in [0.1, 0.15) is 11.5 Å². The highest BCUT2D eigenvalue weighted by atomic mass is 16.5. The third-order valence-electron chi connectivity index (χ3n) is 5.60. The highest BCUT2D eigenvalue weighted by Crippen LogP contribution is 2.27. The number of morpholine rings is 1. The van der Waals surface area contributed by atoms with Crippen LogP contribution in [0.25, 0.3) is 0 Å². The molecule has 2 aromatic carbocycles. The summed E-state index contributed by atoms with van der Waals surface area (Å²) < 4.78 is 11.7. The molecule has 1 aliphatic heterocycles. The van der Waals surface area contributed by atoms with Crippen LogP contribution in [-0.2, 0) is 4.74 Å². The van der Waals surface area contributed by atoms with Crippen LogP contribution < -0.4 is 10.1 Å². The maximum Gasteiger partial charge on any atom is 0.254 e. The number of rotatable bonds is 5. The van der Waals surface area contributed by atoms with E-state index in [2.05, 4.69) is 17.4 Å². The Bertz CT molecular complexity index is 820. The lowest BCUT2D eigenvalue weighted by Crippen LogP contribution is -2.48. The maximum absolute atomic E-state index is 12.9. The summed E-state index contributed by atoms with van der Waals surface area (Å²) in [7, 11) is 0. The van der Waals surface area contributed by atoms with Gasteiger partial charge < -0.3 is 19.7 Å². The van der Waals surface area contributed by atoms with Crippen molar-refractivity contribution in [2.45, 2.75) is 57.8 Å². The van der Waals surface area contributed by atoms with Crippen molar-refractivity contribution < 1.29 is 14.3 Å². The van der Waals surface area contributed by atoms with Gasteiger partial charge in [0, 0.05) is 30.4 Å². The molecule has 1 aliphatic carbocycles. The summed E-state index contributed by atoms with van der Waals surface area (Å²) in [5.41, 5.74) is 1.77. The average molecular weight is 395 g/mol. The molecule has 0 aromatic heterocycles. The molecule has 1 saturated heterocycles. The van der Waals surface area contributed by atoms with Gasteiger partial charge in [-0.3, -0.25) is 4.79 Å². The lowest BCUT2D eigenvalue weighted by atomic mass is 10.1. The third-order valence-corrected chi connectivity index (χ3v) is 5.60. The SMILES string of the molecule is CC1CN(C(=O)c2cccc(Oc3ccc(NC4CCCC4)cc3)c2)CC(C)O1. The highest BCUT2D eigenvalue weighted by Gasteiger charge is 2.26. The molecule has 0 spiro atoms. The fourth-order valence-electron chi connectivity index (χ4n) is 4.28. The van der Waals surface area contributed by atoms with Crippen LogP contribution >= 0.6 is 0 Å². The zero-order valence-electron chi connectivity index (χ0n) is 17.3. The Morgan fingerprint density at radius 3 is 2.38 bits per heavy atom. The number of nitrogens with one attached hydrogen (secondary N) is 1. The highest BCUT2D eigenvalue weighted by molar-refractivity contribution is 5.94. The van der Waals surface area contributed by atoms with Gasteiger partial charge in [0.15, 0.2) is 0 Å². The number of anilines is 1.